The highest BCUT2D eigenvalue weighted by Gasteiger charge is 2.26. The molecular formula is C21H32N2O2. The first-order chi connectivity index (χ1) is 12.2. The van der Waals surface area contributed by atoms with Crippen LogP contribution in [-0.4, -0.2) is 55.0 Å². The van der Waals surface area contributed by atoms with Crippen LogP contribution in [0.15, 0.2) is 30.3 Å². The number of likely N-dealkylation sites (N-methyl/N-ethyl adjacent to an activating group) is 1. The molecular weight excluding hydrogens is 312 g/mol. The lowest BCUT2D eigenvalue weighted by Crippen LogP contribution is -2.47. The molecule has 3 rings (SSSR count). The van der Waals surface area contributed by atoms with Gasteiger partial charge >= 0.3 is 0 Å². The number of para-hydroxylation sites is 1. The number of carbonyl (C=O) groups excluding carboxylic acids is 1. The van der Waals surface area contributed by atoms with Gasteiger partial charge in [0.05, 0.1) is 13.2 Å². The Bertz CT molecular complexity index is 528. The van der Waals surface area contributed by atoms with Crippen LogP contribution in [0.2, 0.25) is 0 Å². The number of nitrogens with zero attached hydrogens (tertiary/aromatic N) is 2. The molecule has 1 saturated carbocycles. The van der Waals surface area contributed by atoms with E-state index in [4.69, 9.17) is 4.74 Å². The summed E-state index contributed by atoms with van der Waals surface area (Å²) in [5.74, 6) is 1.74. The van der Waals surface area contributed by atoms with E-state index in [-0.39, 0.29) is 5.91 Å². The van der Waals surface area contributed by atoms with E-state index in [0.29, 0.717) is 18.5 Å². The van der Waals surface area contributed by atoms with Crippen molar-refractivity contribution in [2.45, 2.75) is 51.0 Å². The van der Waals surface area contributed by atoms with Gasteiger partial charge < -0.3 is 9.64 Å². The summed E-state index contributed by atoms with van der Waals surface area (Å²) in [6, 6.07) is 10.5. The van der Waals surface area contributed by atoms with Gasteiger partial charge in [0.2, 0.25) is 5.91 Å². The van der Waals surface area contributed by atoms with E-state index in [1.54, 1.807) is 0 Å². The molecule has 4 heteroatoms. The van der Waals surface area contributed by atoms with Crippen LogP contribution in [0.1, 0.15) is 44.9 Å². The Kier molecular flexibility index (Phi) is 6.74. The highest BCUT2D eigenvalue weighted by atomic mass is 16.5. The van der Waals surface area contributed by atoms with Crippen LogP contribution >= 0.6 is 0 Å². The zero-order valence-corrected chi connectivity index (χ0v) is 15.5. The molecule has 1 atom stereocenters. The third kappa shape index (κ3) is 5.46. The second-order valence-electron chi connectivity index (χ2n) is 7.66. The molecule has 138 valence electrons. The van der Waals surface area contributed by atoms with Crippen molar-refractivity contribution in [1.82, 2.24) is 9.80 Å². The number of amides is 1. The molecule has 25 heavy (non-hydrogen) atoms. The fourth-order valence-corrected chi connectivity index (χ4v) is 4.14. The third-order valence-electron chi connectivity index (χ3n) is 5.71. The predicted octanol–water partition coefficient (Wildman–Crippen LogP) is 3.57. The fraction of sp³-hybridized carbons (Fsp3) is 0.667. The standard InChI is InChI=1S/C21H32N2O2/c1-22(19-10-4-2-5-11-19)21(24)16-23-14-8-9-18(15-23)17-25-20-12-6-3-7-13-20/h3,6-7,12-13,18-19H,2,4-5,8-11,14-17H2,1H3. The summed E-state index contributed by atoms with van der Waals surface area (Å²) in [6.07, 6.45) is 8.56. The normalized spacial score (nSPS) is 22.5. The second-order valence-corrected chi connectivity index (χ2v) is 7.66. The molecule has 4 nitrogen and oxygen atoms in total. The van der Waals surface area contributed by atoms with Crippen LogP contribution in [0.4, 0.5) is 0 Å². The molecule has 0 aromatic heterocycles. The maximum absolute atomic E-state index is 12.6. The first-order valence-electron chi connectivity index (χ1n) is 9.88. The summed E-state index contributed by atoms with van der Waals surface area (Å²) < 4.78 is 5.92. The first kappa shape index (κ1) is 18.2. The minimum absolute atomic E-state index is 0.288. The van der Waals surface area contributed by atoms with Crippen molar-refractivity contribution in [3.05, 3.63) is 30.3 Å². The summed E-state index contributed by atoms with van der Waals surface area (Å²) in [5, 5.41) is 0. The molecule has 1 aromatic rings. The van der Waals surface area contributed by atoms with Gasteiger partial charge in [0.25, 0.3) is 0 Å². The highest BCUT2D eigenvalue weighted by Crippen LogP contribution is 2.23. The first-order valence-corrected chi connectivity index (χ1v) is 9.88. The lowest BCUT2D eigenvalue weighted by molar-refractivity contribution is -0.134. The van der Waals surface area contributed by atoms with E-state index in [1.165, 1.54) is 38.5 Å². The molecule has 1 saturated heterocycles. The van der Waals surface area contributed by atoms with Crippen molar-refractivity contribution in [2.24, 2.45) is 5.92 Å². The van der Waals surface area contributed by atoms with Crippen molar-refractivity contribution in [3.8, 4) is 5.75 Å². The summed E-state index contributed by atoms with van der Waals surface area (Å²) in [7, 11) is 2.00. The van der Waals surface area contributed by atoms with E-state index in [9.17, 15) is 4.79 Å². The Hall–Kier alpha value is -1.55. The number of ether oxygens (including phenoxy) is 1. The molecule has 1 unspecified atom stereocenters. The molecule has 0 spiro atoms. The number of piperidine rings is 1. The van der Waals surface area contributed by atoms with Gasteiger partial charge in [-0.15, -0.1) is 0 Å². The number of hydrogen-bond donors (Lipinski definition) is 0. The lowest BCUT2D eigenvalue weighted by atomic mass is 9.94. The molecule has 2 aliphatic rings. The Labute approximate surface area is 152 Å². The number of hydrogen-bond acceptors (Lipinski definition) is 3. The summed E-state index contributed by atoms with van der Waals surface area (Å²) in [5.41, 5.74) is 0. The SMILES string of the molecule is CN(C(=O)CN1CCCC(COc2ccccc2)C1)C1CCCCC1. The maximum Gasteiger partial charge on any atom is 0.236 e. The molecule has 1 amide bonds. The van der Waals surface area contributed by atoms with E-state index in [1.807, 2.05) is 42.3 Å². The number of rotatable bonds is 6. The largest absolute Gasteiger partial charge is 0.493 e. The molecule has 1 heterocycles. The van der Waals surface area contributed by atoms with Crippen LogP contribution in [-0.2, 0) is 4.79 Å². The fourth-order valence-electron chi connectivity index (χ4n) is 4.14. The monoisotopic (exact) mass is 344 g/mol. The van der Waals surface area contributed by atoms with Gasteiger partial charge in [-0.2, -0.15) is 0 Å². The number of likely N-dealkylation sites (tertiary alicyclic amines) is 1. The van der Waals surface area contributed by atoms with Crippen molar-refractivity contribution < 1.29 is 9.53 Å². The van der Waals surface area contributed by atoms with Crippen molar-refractivity contribution >= 4 is 5.91 Å². The zero-order valence-electron chi connectivity index (χ0n) is 15.5. The van der Waals surface area contributed by atoms with Crippen LogP contribution in [0, 0.1) is 5.92 Å². The second kappa shape index (κ2) is 9.23. The molecule has 0 N–H and O–H groups in total. The average molecular weight is 344 g/mol. The van der Waals surface area contributed by atoms with Crippen LogP contribution in [0.3, 0.4) is 0 Å². The minimum atomic E-state index is 0.288. The third-order valence-corrected chi connectivity index (χ3v) is 5.71. The van der Waals surface area contributed by atoms with Gasteiger partial charge in [0.1, 0.15) is 5.75 Å². The Morgan fingerprint density at radius 1 is 1.12 bits per heavy atom. The topological polar surface area (TPSA) is 32.8 Å². The van der Waals surface area contributed by atoms with Gasteiger partial charge in [0, 0.05) is 25.6 Å². The number of benzene rings is 1. The van der Waals surface area contributed by atoms with Gasteiger partial charge in [0.15, 0.2) is 0 Å². The van der Waals surface area contributed by atoms with Gasteiger partial charge in [-0.1, -0.05) is 37.5 Å². The summed E-state index contributed by atoms with van der Waals surface area (Å²) in [6.45, 7) is 3.31. The van der Waals surface area contributed by atoms with E-state index in [0.717, 1.165) is 31.9 Å². The summed E-state index contributed by atoms with van der Waals surface area (Å²) >= 11 is 0. The molecule has 1 aliphatic heterocycles. The van der Waals surface area contributed by atoms with Gasteiger partial charge in [-0.05, 0) is 44.4 Å². The van der Waals surface area contributed by atoms with Crippen molar-refractivity contribution in [2.75, 3.05) is 33.3 Å². The molecule has 1 aromatic carbocycles. The Morgan fingerprint density at radius 3 is 2.64 bits per heavy atom. The highest BCUT2D eigenvalue weighted by molar-refractivity contribution is 5.78. The molecule has 0 bridgehead atoms. The zero-order chi connectivity index (χ0) is 17.5. The molecule has 1 aliphatic carbocycles. The maximum atomic E-state index is 12.6. The van der Waals surface area contributed by atoms with Gasteiger partial charge in [-0.3, -0.25) is 9.69 Å². The van der Waals surface area contributed by atoms with Crippen molar-refractivity contribution in [1.29, 1.82) is 0 Å². The quantitative estimate of drug-likeness (QED) is 0.791. The smallest absolute Gasteiger partial charge is 0.236 e. The molecule has 0 radical (unpaired) electrons. The Balaban J connectivity index is 1.43. The van der Waals surface area contributed by atoms with Crippen LogP contribution < -0.4 is 4.74 Å². The number of carbonyl (C=O) groups is 1. The summed E-state index contributed by atoms with van der Waals surface area (Å²) in [4.78, 5) is 17.0. The predicted molar refractivity (Wildman–Crippen MR) is 101 cm³/mol. The average Bonchev–Trinajstić information content (AvgIpc) is 2.67. The van der Waals surface area contributed by atoms with E-state index in [2.05, 4.69) is 4.90 Å². The van der Waals surface area contributed by atoms with E-state index >= 15 is 0 Å². The minimum Gasteiger partial charge on any atom is -0.493 e. The van der Waals surface area contributed by atoms with Crippen molar-refractivity contribution in [3.63, 3.8) is 0 Å². The van der Waals surface area contributed by atoms with E-state index < -0.39 is 0 Å². The van der Waals surface area contributed by atoms with Crippen LogP contribution in [0.25, 0.3) is 0 Å². The molecule has 2 fully saturated rings. The lowest BCUT2D eigenvalue weighted by Gasteiger charge is -2.36. The Morgan fingerprint density at radius 2 is 1.88 bits per heavy atom. The van der Waals surface area contributed by atoms with Crippen LogP contribution in [0.5, 0.6) is 5.75 Å². The van der Waals surface area contributed by atoms with Gasteiger partial charge in [-0.25, -0.2) is 0 Å².